The lowest BCUT2D eigenvalue weighted by Crippen LogP contribution is -2.39. The van der Waals surface area contributed by atoms with E-state index in [9.17, 15) is 9.59 Å². The van der Waals surface area contributed by atoms with Crippen molar-refractivity contribution in [3.05, 3.63) is 52.5 Å². The number of hydrogen-bond donors (Lipinski definition) is 2. The van der Waals surface area contributed by atoms with Crippen molar-refractivity contribution in [1.29, 1.82) is 0 Å². The molecular weight excluding hydrogens is 339 g/mol. The smallest absolute Gasteiger partial charge is 0.266 e. The van der Waals surface area contributed by atoms with E-state index in [-0.39, 0.29) is 18.2 Å². The Morgan fingerprint density at radius 3 is 2.61 bits per heavy atom. The van der Waals surface area contributed by atoms with Gasteiger partial charge in [-0.25, -0.2) is 0 Å². The highest BCUT2D eigenvalue weighted by Gasteiger charge is 2.29. The van der Waals surface area contributed by atoms with E-state index in [0.29, 0.717) is 27.2 Å². The second-order valence-electron chi connectivity index (χ2n) is 5.00. The molecule has 0 bridgehead atoms. The highest BCUT2D eigenvalue weighted by Crippen LogP contribution is 2.30. The number of benzene rings is 2. The van der Waals surface area contributed by atoms with Crippen LogP contribution in [0.2, 0.25) is 10.0 Å². The standard InChI is InChI=1S/C16H12Cl2N2O3/c17-9-5-10(18)7-11(6-9)19-15(21)8-14-16(22)20-12-3-1-2-4-13(12)23-14/h1-7,14H,8H2,(H,19,21)(H,20,22). The van der Waals surface area contributed by atoms with E-state index in [2.05, 4.69) is 10.6 Å². The Bertz CT molecular complexity index is 759. The number of halogens is 2. The second kappa shape index (κ2) is 6.48. The fourth-order valence-corrected chi connectivity index (χ4v) is 2.76. The van der Waals surface area contributed by atoms with Crippen molar-refractivity contribution in [2.24, 2.45) is 0 Å². The van der Waals surface area contributed by atoms with Crippen molar-refractivity contribution in [2.75, 3.05) is 10.6 Å². The molecule has 2 aromatic rings. The molecule has 0 spiro atoms. The molecule has 0 saturated heterocycles. The molecule has 3 rings (SSSR count). The molecule has 1 heterocycles. The van der Waals surface area contributed by atoms with Gasteiger partial charge < -0.3 is 15.4 Å². The Labute approximate surface area is 142 Å². The summed E-state index contributed by atoms with van der Waals surface area (Å²) < 4.78 is 5.58. The maximum atomic E-state index is 12.1. The van der Waals surface area contributed by atoms with Crippen molar-refractivity contribution in [3.63, 3.8) is 0 Å². The van der Waals surface area contributed by atoms with Crippen molar-refractivity contribution in [3.8, 4) is 5.75 Å². The van der Waals surface area contributed by atoms with Gasteiger partial charge in [0.1, 0.15) is 5.75 Å². The third kappa shape index (κ3) is 3.75. The second-order valence-corrected chi connectivity index (χ2v) is 5.88. The molecule has 1 aliphatic heterocycles. The van der Waals surface area contributed by atoms with Crippen LogP contribution in [0.25, 0.3) is 0 Å². The quantitative estimate of drug-likeness (QED) is 0.886. The molecule has 1 unspecified atom stereocenters. The zero-order valence-corrected chi connectivity index (χ0v) is 13.3. The van der Waals surface area contributed by atoms with Gasteiger partial charge in [-0.05, 0) is 30.3 Å². The Hall–Kier alpha value is -2.24. The molecule has 23 heavy (non-hydrogen) atoms. The SMILES string of the molecule is O=C(CC1Oc2ccccc2NC1=O)Nc1cc(Cl)cc(Cl)c1. The monoisotopic (exact) mass is 350 g/mol. The zero-order chi connectivity index (χ0) is 16.4. The van der Waals surface area contributed by atoms with Crippen LogP contribution in [0.1, 0.15) is 6.42 Å². The lowest BCUT2D eigenvalue weighted by atomic mass is 10.1. The number of nitrogens with one attached hydrogen (secondary N) is 2. The summed E-state index contributed by atoms with van der Waals surface area (Å²) in [4.78, 5) is 24.1. The average Bonchev–Trinajstić information content (AvgIpc) is 2.46. The summed E-state index contributed by atoms with van der Waals surface area (Å²) in [6.45, 7) is 0. The van der Waals surface area contributed by atoms with Gasteiger partial charge in [0.25, 0.3) is 5.91 Å². The molecule has 5 nitrogen and oxygen atoms in total. The summed E-state index contributed by atoms with van der Waals surface area (Å²) in [5.41, 5.74) is 1.06. The van der Waals surface area contributed by atoms with Gasteiger partial charge in [0.2, 0.25) is 5.91 Å². The number of fused-ring (bicyclic) bond motifs is 1. The van der Waals surface area contributed by atoms with Gasteiger partial charge in [-0.1, -0.05) is 35.3 Å². The molecule has 1 atom stereocenters. The first kappa shape index (κ1) is 15.6. The zero-order valence-electron chi connectivity index (χ0n) is 11.8. The molecule has 0 fully saturated rings. The van der Waals surface area contributed by atoms with Gasteiger partial charge in [0, 0.05) is 15.7 Å². The fourth-order valence-electron chi connectivity index (χ4n) is 2.23. The van der Waals surface area contributed by atoms with Gasteiger partial charge >= 0.3 is 0 Å². The van der Waals surface area contributed by atoms with Gasteiger partial charge in [0.05, 0.1) is 12.1 Å². The normalized spacial score (nSPS) is 16.1. The van der Waals surface area contributed by atoms with E-state index in [4.69, 9.17) is 27.9 Å². The molecule has 2 amide bonds. The maximum Gasteiger partial charge on any atom is 0.266 e. The Morgan fingerprint density at radius 1 is 1.17 bits per heavy atom. The molecular formula is C16H12Cl2N2O3. The number of hydrogen-bond acceptors (Lipinski definition) is 3. The molecule has 118 valence electrons. The Balaban J connectivity index is 1.67. The van der Waals surface area contributed by atoms with Gasteiger partial charge in [0.15, 0.2) is 6.10 Å². The molecule has 0 saturated carbocycles. The van der Waals surface area contributed by atoms with Gasteiger partial charge in [-0.2, -0.15) is 0 Å². The number of para-hydroxylation sites is 2. The minimum absolute atomic E-state index is 0.121. The molecule has 7 heteroatoms. The first-order chi connectivity index (χ1) is 11.0. The van der Waals surface area contributed by atoms with E-state index in [1.807, 2.05) is 0 Å². The number of anilines is 2. The minimum Gasteiger partial charge on any atom is -0.478 e. The molecule has 0 aliphatic carbocycles. The van der Waals surface area contributed by atoms with E-state index in [1.165, 1.54) is 0 Å². The predicted molar refractivity (Wildman–Crippen MR) is 89.2 cm³/mol. The topological polar surface area (TPSA) is 67.4 Å². The van der Waals surface area contributed by atoms with Crippen LogP contribution in [-0.2, 0) is 9.59 Å². The van der Waals surface area contributed by atoms with Crippen molar-refractivity contribution < 1.29 is 14.3 Å². The summed E-state index contributed by atoms with van der Waals surface area (Å²) in [5, 5.41) is 6.18. The third-order valence-corrected chi connectivity index (χ3v) is 3.66. The molecule has 2 aromatic carbocycles. The van der Waals surface area contributed by atoms with Crippen LogP contribution in [0, 0.1) is 0 Å². The number of amides is 2. The summed E-state index contributed by atoms with van der Waals surface area (Å²) in [6, 6.07) is 11.8. The summed E-state index contributed by atoms with van der Waals surface area (Å²) in [7, 11) is 0. The molecule has 1 aliphatic rings. The summed E-state index contributed by atoms with van der Waals surface area (Å²) in [5.74, 6) is -0.193. The van der Waals surface area contributed by atoms with Crippen LogP contribution in [0.15, 0.2) is 42.5 Å². The first-order valence-corrected chi connectivity index (χ1v) is 7.59. The lowest BCUT2D eigenvalue weighted by Gasteiger charge is -2.25. The summed E-state index contributed by atoms with van der Waals surface area (Å²) in [6.07, 6.45) is -1.01. The van der Waals surface area contributed by atoms with Crippen LogP contribution in [0.3, 0.4) is 0 Å². The van der Waals surface area contributed by atoms with Crippen LogP contribution >= 0.6 is 23.2 Å². The van der Waals surface area contributed by atoms with Crippen molar-refractivity contribution >= 4 is 46.4 Å². The largest absolute Gasteiger partial charge is 0.478 e. The fraction of sp³-hybridized carbons (Fsp3) is 0.125. The lowest BCUT2D eigenvalue weighted by molar-refractivity contribution is -0.128. The van der Waals surface area contributed by atoms with Crippen molar-refractivity contribution in [2.45, 2.75) is 12.5 Å². The van der Waals surface area contributed by atoms with E-state index in [1.54, 1.807) is 42.5 Å². The number of carbonyl (C=O) groups excluding carboxylic acids is 2. The molecule has 0 aromatic heterocycles. The van der Waals surface area contributed by atoms with Gasteiger partial charge in [-0.3, -0.25) is 9.59 Å². The molecule has 0 radical (unpaired) electrons. The summed E-state index contributed by atoms with van der Waals surface area (Å²) >= 11 is 11.8. The van der Waals surface area contributed by atoms with Crippen LogP contribution < -0.4 is 15.4 Å². The highest BCUT2D eigenvalue weighted by atomic mass is 35.5. The Kier molecular flexibility index (Phi) is 4.41. The minimum atomic E-state index is -0.889. The predicted octanol–water partition coefficient (Wildman–Crippen LogP) is 3.72. The number of ether oxygens (including phenoxy) is 1. The first-order valence-electron chi connectivity index (χ1n) is 6.84. The van der Waals surface area contributed by atoms with E-state index >= 15 is 0 Å². The van der Waals surface area contributed by atoms with E-state index < -0.39 is 6.10 Å². The third-order valence-electron chi connectivity index (χ3n) is 3.22. The van der Waals surface area contributed by atoms with Gasteiger partial charge in [-0.15, -0.1) is 0 Å². The number of carbonyl (C=O) groups is 2. The number of rotatable bonds is 3. The van der Waals surface area contributed by atoms with Crippen molar-refractivity contribution in [1.82, 2.24) is 0 Å². The highest BCUT2D eigenvalue weighted by molar-refractivity contribution is 6.35. The Morgan fingerprint density at radius 2 is 1.87 bits per heavy atom. The van der Waals surface area contributed by atoms with Crippen LogP contribution in [-0.4, -0.2) is 17.9 Å². The van der Waals surface area contributed by atoms with Crippen LogP contribution in [0.4, 0.5) is 11.4 Å². The molecule has 2 N–H and O–H groups in total. The van der Waals surface area contributed by atoms with E-state index in [0.717, 1.165) is 0 Å². The van der Waals surface area contributed by atoms with Crippen LogP contribution in [0.5, 0.6) is 5.75 Å². The maximum absolute atomic E-state index is 12.1. The average molecular weight is 351 g/mol.